The van der Waals surface area contributed by atoms with Gasteiger partial charge < -0.3 is 4.74 Å². The van der Waals surface area contributed by atoms with E-state index < -0.39 is 0 Å². The van der Waals surface area contributed by atoms with Crippen molar-refractivity contribution in [3.05, 3.63) is 35.5 Å². The zero-order valence-electron chi connectivity index (χ0n) is 7.17. The number of nitrogens with one attached hydrogen (secondary N) is 1. The summed E-state index contributed by atoms with van der Waals surface area (Å²) in [5, 5.41) is 1.68. The maximum absolute atomic E-state index is 5.86. The Morgan fingerprint density at radius 3 is 3.00 bits per heavy atom. The first-order valence-corrected chi connectivity index (χ1v) is 4.33. The highest BCUT2D eigenvalue weighted by Crippen LogP contribution is 2.24. The normalized spacial score (nSPS) is 10.3. The van der Waals surface area contributed by atoms with Crippen LogP contribution < -0.4 is 9.72 Å². The number of halogens is 1. The van der Waals surface area contributed by atoms with Crippen LogP contribution in [0.4, 0.5) is 0 Å². The molecule has 2 rings (SSSR count). The SMILES string of the molecule is COc1cccc2[nH+]cc(Cl)cc12. The molecule has 0 amide bonds. The van der Waals surface area contributed by atoms with Crippen LogP contribution in [0, 0.1) is 0 Å². The third-order valence-corrected chi connectivity index (χ3v) is 2.15. The number of methoxy groups -OCH3 is 1. The van der Waals surface area contributed by atoms with Gasteiger partial charge in [0.25, 0.3) is 0 Å². The van der Waals surface area contributed by atoms with Crippen molar-refractivity contribution in [2.45, 2.75) is 0 Å². The minimum absolute atomic E-state index is 0.678. The summed E-state index contributed by atoms with van der Waals surface area (Å²) in [4.78, 5) is 3.08. The van der Waals surface area contributed by atoms with Crippen LogP contribution >= 0.6 is 11.6 Å². The largest absolute Gasteiger partial charge is 0.496 e. The van der Waals surface area contributed by atoms with Crippen molar-refractivity contribution >= 4 is 22.5 Å². The molecule has 0 spiro atoms. The molecule has 3 heteroatoms. The molecule has 2 aromatic rings. The second-order valence-electron chi connectivity index (χ2n) is 2.74. The zero-order valence-corrected chi connectivity index (χ0v) is 7.93. The Bertz CT molecular complexity index is 442. The van der Waals surface area contributed by atoms with Crippen LogP contribution in [0.2, 0.25) is 5.02 Å². The summed E-state index contributed by atoms with van der Waals surface area (Å²) in [6.45, 7) is 0. The van der Waals surface area contributed by atoms with Gasteiger partial charge >= 0.3 is 0 Å². The number of fused-ring (bicyclic) bond motifs is 1. The number of hydrogen-bond acceptors (Lipinski definition) is 1. The number of pyridine rings is 1. The standard InChI is InChI=1S/C10H8ClNO/c1-13-10-4-2-3-9-8(10)5-7(11)6-12-9/h2-6H,1H3/p+1. The van der Waals surface area contributed by atoms with Crippen LogP contribution in [0.15, 0.2) is 30.5 Å². The summed E-state index contributed by atoms with van der Waals surface area (Å²) in [5.41, 5.74) is 1.02. The first-order chi connectivity index (χ1) is 6.31. The van der Waals surface area contributed by atoms with Crippen molar-refractivity contribution in [1.82, 2.24) is 0 Å². The molecular formula is C10H9ClNO+. The lowest BCUT2D eigenvalue weighted by atomic mass is 10.2. The maximum Gasteiger partial charge on any atom is 0.214 e. The first-order valence-electron chi connectivity index (χ1n) is 3.95. The van der Waals surface area contributed by atoms with Gasteiger partial charge in [0.15, 0.2) is 6.20 Å². The number of hydrogen-bond donors (Lipinski definition) is 0. The first kappa shape index (κ1) is 8.32. The van der Waals surface area contributed by atoms with Crippen LogP contribution in [0.3, 0.4) is 0 Å². The van der Waals surface area contributed by atoms with Crippen molar-refractivity contribution in [1.29, 1.82) is 0 Å². The highest BCUT2D eigenvalue weighted by Gasteiger charge is 2.06. The van der Waals surface area contributed by atoms with Crippen molar-refractivity contribution in [3.8, 4) is 5.75 Å². The highest BCUT2D eigenvalue weighted by molar-refractivity contribution is 6.30. The van der Waals surface area contributed by atoms with Gasteiger partial charge in [-0.1, -0.05) is 17.7 Å². The molecule has 1 aromatic carbocycles. The van der Waals surface area contributed by atoms with Crippen LogP contribution in [0.25, 0.3) is 10.9 Å². The average Bonchev–Trinajstić information content (AvgIpc) is 2.17. The fourth-order valence-electron chi connectivity index (χ4n) is 1.32. The smallest absolute Gasteiger partial charge is 0.214 e. The lowest BCUT2D eigenvalue weighted by molar-refractivity contribution is -0.344. The Balaban J connectivity index is 2.79. The summed E-state index contributed by atoms with van der Waals surface area (Å²) in [6, 6.07) is 7.71. The van der Waals surface area contributed by atoms with Gasteiger partial charge in [-0.3, -0.25) is 0 Å². The van der Waals surface area contributed by atoms with E-state index in [4.69, 9.17) is 16.3 Å². The molecule has 0 unspecified atom stereocenters. The highest BCUT2D eigenvalue weighted by atomic mass is 35.5. The van der Waals surface area contributed by atoms with E-state index >= 15 is 0 Å². The second-order valence-corrected chi connectivity index (χ2v) is 3.18. The zero-order chi connectivity index (χ0) is 9.26. The van der Waals surface area contributed by atoms with E-state index in [0.717, 1.165) is 16.7 Å². The molecule has 0 aliphatic carbocycles. The molecule has 2 nitrogen and oxygen atoms in total. The van der Waals surface area contributed by atoms with Gasteiger partial charge in [0.2, 0.25) is 5.52 Å². The third kappa shape index (κ3) is 1.45. The van der Waals surface area contributed by atoms with E-state index in [1.54, 1.807) is 13.3 Å². The predicted molar refractivity (Wildman–Crippen MR) is 52.1 cm³/mol. The second kappa shape index (κ2) is 3.23. The van der Waals surface area contributed by atoms with Gasteiger partial charge in [0.1, 0.15) is 10.8 Å². The molecule has 0 aliphatic rings. The number of aromatic nitrogens is 1. The molecule has 0 atom stereocenters. The van der Waals surface area contributed by atoms with Crippen molar-refractivity contribution < 1.29 is 9.72 Å². The third-order valence-electron chi connectivity index (χ3n) is 1.93. The lowest BCUT2D eigenvalue weighted by Crippen LogP contribution is -2.02. The number of H-pyrrole nitrogens is 1. The van der Waals surface area contributed by atoms with Crippen LogP contribution in [-0.4, -0.2) is 7.11 Å². The molecule has 0 saturated heterocycles. The van der Waals surface area contributed by atoms with E-state index in [9.17, 15) is 0 Å². The minimum atomic E-state index is 0.678. The summed E-state index contributed by atoms with van der Waals surface area (Å²) in [6.07, 6.45) is 1.75. The molecule has 0 radical (unpaired) electrons. The molecule has 0 saturated carbocycles. The van der Waals surface area contributed by atoms with Crippen molar-refractivity contribution in [2.24, 2.45) is 0 Å². The Hall–Kier alpha value is -1.28. The van der Waals surface area contributed by atoms with Gasteiger partial charge in [-0.2, -0.15) is 0 Å². The van der Waals surface area contributed by atoms with Gasteiger partial charge in [-0.25, -0.2) is 4.98 Å². The van der Waals surface area contributed by atoms with E-state index in [2.05, 4.69) is 4.98 Å². The van der Waals surface area contributed by atoms with Gasteiger partial charge in [-0.05, 0) is 12.1 Å². The number of benzene rings is 1. The summed E-state index contributed by atoms with van der Waals surface area (Å²) in [7, 11) is 1.65. The fraction of sp³-hybridized carbons (Fsp3) is 0.100. The Kier molecular flexibility index (Phi) is 2.07. The molecule has 13 heavy (non-hydrogen) atoms. The summed E-state index contributed by atoms with van der Waals surface area (Å²) >= 11 is 5.86. The average molecular weight is 195 g/mol. The molecule has 0 bridgehead atoms. The minimum Gasteiger partial charge on any atom is -0.496 e. The van der Waals surface area contributed by atoms with E-state index in [-0.39, 0.29) is 0 Å². The Morgan fingerprint density at radius 1 is 1.38 bits per heavy atom. The Morgan fingerprint density at radius 2 is 2.23 bits per heavy atom. The van der Waals surface area contributed by atoms with Gasteiger partial charge in [-0.15, -0.1) is 0 Å². The molecule has 1 heterocycles. The fourth-order valence-corrected chi connectivity index (χ4v) is 1.49. The quantitative estimate of drug-likeness (QED) is 0.684. The van der Waals surface area contributed by atoms with E-state index in [1.807, 2.05) is 24.3 Å². The maximum atomic E-state index is 5.86. The van der Waals surface area contributed by atoms with Crippen LogP contribution in [0.1, 0.15) is 0 Å². The van der Waals surface area contributed by atoms with Crippen LogP contribution in [-0.2, 0) is 0 Å². The number of ether oxygens (including phenoxy) is 1. The summed E-state index contributed by atoms with van der Waals surface area (Å²) < 4.78 is 5.20. The topological polar surface area (TPSA) is 23.4 Å². The lowest BCUT2D eigenvalue weighted by Gasteiger charge is -2.00. The number of rotatable bonds is 1. The molecule has 1 aromatic heterocycles. The monoisotopic (exact) mass is 194 g/mol. The molecule has 0 aliphatic heterocycles. The Labute approximate surface area is 81.1 Å². The van der Waals surface area contributed by atoms with Crippen molar-refractivity contribution in [3.63, 3.8) is 0 Å². The molecule has 66 valence electrons. The summed E-state index contributed by atoms with van der Waals surface area (Å²) in [5.74, 6) is 0.830. The van der Waals surface area contributed by atoms with Crippen LogP contribution in [0.5, 0.6) is 5.75 Å². The number of aromatic amines is 1. The van der Waals surface area contributed by atoms with Gasteiger partial charge in [0, 0.05) is 6.07 Å². The molecule has 1 N–H and O–H groups in total. The predicted octanol–water partition coefficient (Wildman–Crippen LogP) is 2.32. The molecule has 0 fully saturated rings. The van der Waals surface area contributed by atoms with Crippen molar-refractivity contribution in [2.75, 3.05) is 7.11 Å². The van der Waals surface area contributed by atoms with E-state index in [0.29, 0.717) is 5.02 Å². The van der Waals surface area contributed by atoms with E-state index in [1.165, 1.54) is 0 Å². The van der Waals surface area contributed by atoms with Gasteiger partial charge in [0.05, 0.1) is 12.5 Å². The molecular weight excluding hydrogens is 186 g/mol.